The molecule has 1 aliphatic heterocycles. The lowest BCUT2D eigenvalue weighted by molar-refractivity contribution is -0.384. The molecule has 0 N–H and O–H groups in total. The minimum absolute atomic E-state index is 0.0467. The van der Waals surface area contributed by atoms with Gasteiger partial charge in [-0.05, 0) is 48.7 Å². The quantitative estimate of drug-likeness (QED) is 0.477. The van der Waals surface area contributed by atoms with Crippen LogP contribution in [0.4, 0.5) is 15.8 Å². The van der Waals surface area contributed by atoms with Gasteiger partial charge in [-0.15, -0.1) is 0 Å². The zero-order valence-electron chi connectivity index (χ0n) is 15.2. The SMILES string of the molecule is O=C1CCCC2=C1C(c1cc(Br)ccc1F)CC(=O)N2c1ccc([N+](=O)[O-])cc1. The Hall–Kier alpha value is -2.87. The molecule has 2 aromatic carbocycles. The van der Waals surface area contributed by atoms with Gasteiger partial charge in [-0.25, -0.2) is 4.39 Å². The van der Waals surface area contributed by atoms with Crippen molar-refractivity contribution in [2.75, 3.05) is 4.90 Å². The number of nitrogens with zero attached hydrogens (tertiary/aromatic N) is 2. The highest BCUT2D eigenvalue weighted by molar-refractivity contribution is 9.10. The Morgan fingerprint density at radius 3 is 2.52 bits per heavy atom. The molecule has 148 valence electrons. The van der Waals surface area contributed by atoms with Gasteiger partial charge in [0.05, 0.1) is 4.92 Å². The first-order valence-corrected chi connectivity index (χ1v) is 9.94. The normalized spacial score (nSPS) is 19.4. The smallest absolute Gasteiger partial charge is 0.269 e. The largest absolute Gasteiger partial charge is 0.294 e. The Balaban J connectivity index is 1.84. The Morgan fingerprint density at radius 1 is 1.10 bits per heavy atom. The fourth-order valence-electron chi connectivity index (χ4n) is 4.06. The molecule has 1 atom stereocenters. The fraction of sp³-hybridized carbons (Fsp3) is 0.238. The summed E-state index contributed by atoms with van der Waals surface area (Å²) < 4.78 is 15.2. The number of non-ortho nitro benzene ring substituents is 1. The van der Waals surface area contributed by atoms with Crippen LogP contribution >= 0.6 is 15.9 Å². The number of nitro groups is 1. The van der Waals surface area contributed by atoms with Gasteiger partial charge in [0.2, 0.25) is 5.91 Å². The van der Waals surface area contributed by atoms with Crippen LogP contribution in [0.5, 0.6) is 0 Å². The van der Waals surface area contributed by atoms with Gasteiger partial charge in [0.25, 0.3) is 5.69 Å². The summed E-state index contributed by atoms with van der Waals surface area (Å²) in [6.07, 6.45) is 1.42. The third-order valence-electron chi connectivity index (χ3n) is 5.33. The molecule has 1 amide bonds. The summed E-state index contributed by atoms with van der Waals surface area (Å²) in [6, 6.07) is 10.2. The molecule has 2 aliphatic rings. The van der Waals surface area contributed by atoms with Crippen LogP contribution in [0, 0.1) is 15.9 Å². The molecule has 29 heavy (non-hydrogen) atoms. The molecule has 1 heterocycles. The predicted molar refractivity (Wildman–Crippen MR) is 108 cm³/mol. The number of ketones is 1. The Labute approximate surface area is 174 Å². The van der Waals surface area contributed by atoms with Crippen molar-refractivity contribution in [3.8, 4) is 0 Å². The summed E-state index contributed by atoms with van der Waals surface area (Å²) in [6.45, 7) is 0. The molecule has 0 aromatic heterocycles. The number of halogens is 2. The predicted octanol–water partition coefficient (Wildman–Crippen LogP) is 5.02. The Bertz CT molecular complexity index is 1060. The number of anilines is 1. The van der Waals surface area contributed by atoms with Crippen LogP contribution in [0.2, 0.25) is 0 Å². The van der Waals surface area contributed by atoms with E-state index in [2.05, 4.69) is 15.9 Å². The van der Waals surface area contributed by atoms with Crippen molar-refractivity contribution in [3.05, 3.63) is 79.7 Å². The standard InChI is InChI=1S/C21H16BrFN2O4/c22-12-4-9-17(23)15(10-12)16-11-20(27)24(18-2-1-3-19(26)21(16)18)13-5-7-14(8-6-13)25(28)29/h4-10,16H,1-3,11H2. The maximum absolute atomic E-state index is 14.6. The molecule has 8 heteroatoms. The molecule has 0 saturated carbocycles. The van der Waals surface area contributed by atoms with Crippen LogP contribution in [0.1, 0.15) is 37.2 Å². The van der Waals surface area contributed by atoms with Gasteiger partial charge in [-0.3, -0.25) is 24.6 Å². The van der Waals surface area contributed by atoms with E-state index < -0.39 is 16.7 Å². The lowest BCUT2D eigenvalue weighted by Gasteiger charge is -2.38. The number of nitro benzene ring substituents is 1. The van der Waals surface area contributed by atoms with E-state index in [0.717, 1.165) is 0 Å². The van der Waals surface area contributed by atoms with Crippen molar-refractivity contribution in [1.82, 2.24) is 0 Å². The second-order valence-corrected chi connectivity index (χ2v) is 7.98. The van der Waals surface area contributed by atoms with Crippen molar-refractivity contribution in [1.29, 1.82) is 0 Å². The molecule has 0 saturated heterocycles. The summed E-state index contributed by atoms with van der Waals surface area (Å²) in [5, 5.41) is 10.9. The monoisotopic (exact) mass is 458 g/mol. The molecule has 1 aliphatic carbocycles. The number of hydrogen-bond donors (Lipinski definition) is 0. The first-order chi connectivity index (χ1) is 13.9. The lowest BCUT2D eigenvalue weighted by atomic mass is 9.77. The third-order valence-corrected chi connectivity index (χ3v) is 5.82. The third kappa shape index (κ3) is 3.48. The van der Waals surface area contributed by atoms with Crippen LogP contribution in [-0.2, 0) is 9.59 Å². The summed E-state index contributed by atoms with van der Waals surface area (Å²) in [7, 11) is 0. The van der Waals surface area contributed by atoms with Crippen LogP contribution in [-0.4, -0.2) is 16.6 Å². The number of Topliss-reactive ketones (excluding diaryl/α,β-unsaturated/α-hetero) is 1. The van der Waals surface area contributed by atoms with E-state index in [1.54, 1.807) is 12.1 Å². The number of rotatable bonds is 3. The van der Waals surface area contributed by atoms with Crippen molar-refractivity contribution >= 4 is 39.0 Å². The van der Waals surface area contributed by atoms with Gasteiger partial charge in [0.15, 0.2) is 5.78 Å². The molecule has 0 bridgehead atoms. The van der Waals surface area contributed by atoms with Crippen molar-refractivity contribution in [2.45, 2.75) is 31.6 Å². The summed E-state index contributed by atoms with van der Waals surface area (Å²) in [5.74, 6) is -1.45. The summed E-state index contributed by atoms with van der Waals surface area (Å²) >= 11 is 3.33. The molecule has 0 radical (unpaired) electrons. The zero-order chi connectivity index (χ0) is 20.7. The molecular weight excluding hydrogens is 443 g/mol. The highest BCUT2D eigenvalue weighted by Crippen LogP contribution is 2.44. The van der Waals surface area contributed by atoms with E-state index >= 15 is 0 Å². The minimum Gasteiger partial charge on any atom is -0.294 e. The van der Waals surface area contributed by atoms with E-state index in [1.165, 1.54) is 35.2 Å². The van der Waals surface area contributed by atoms with Crippen molar-refractivity contribution < 1.29 is 18.9 Å². The molecule has 6 nitrogen and oxygen atoms in total. The maximum atomic E-state index is 14.6. The van der Waals surface area contributed by atoms with Crippen molar-refractivity contribution in [3.63, 3.8) is 0 Å². The first kappa shape index (κ1) is 19.4. The fourth-order valence-corrected chi connectivity index (χ4v) is 4.44. The molecular formula is C21H16BrFN2O4. The average molecular weight is 459 g/mol. The van der Waals surface area contributed by atoms with Gasteiger partial charge in [0, 0.05) is 52.3 Å². The van der Waals surface area contributed by atoms with E-state index in [0.29, 0.717) is 46.3 Å². The van der Waals surface area contributed by atoms with E-state index in [-0.39, 0.29) is 23.8 Å². The van der Waals surface area contributed by atoms with E-state index in [4.69, 9.17) is 0 Å². The minimum atomic E-state index is -0.642. The summed E-state index contributed by atoms with van der Waals surface area (Å²) in [5.41, 5.74) is 1.73. The number of allylic oxidation sites excluding steroid dienone is 2. The molecule has 0 spiro atoms. The van der Waals surface area contributed by atoms with Crippen LogP contribution in [0.15, 0.2) is 58.2 Å². The molecule has 1 unspecified atom stereocenters. The van der Waals surface area contributed by atoms with Crippen LogP contribution < -0.4 is 4.90 Å². The van der Waals surface area contributed by atoms with Crippen molar-refractivity contribution in [2.24, 2.45) is 0 Å². The number of carbonyl (C=O) groups is 2. The zero-order valence-corrected chi connectivity index (χ0v) is 16.8. The number of hydrogen-bond acceptors (Lipinski definition) is 4. The van der Waals surface area contributed by atoms with E-state index in [1.807, 2.05) is 0 Å². The molecule has 0 fully saturated rings. The number of benzene rings is 2. The van der Waals surface area contributed by atoms with Gasteiger partial charge in [-0.1, -0.05) is 15.9 Å². The van der Waals surface area contributed by atoms with Gasteiger partial charge in [0.1, 0.15) is 5.82 Å². The van der Waals surface area contributed by atoms with Gasteiger partial charge in [-0.2, -0.15) is 0 Å². The highest BCUT2D eigenvalue weighted by Gasteiger charge is 2.40. The van der Waals surface area contributed by atoms with Crippen LogP contribution in [0.3, 0.4) is 0 Å². The lowest BCUT2D eigenvalue weighted by Crippen LogP contribution is -2.40. The summed E-state index contributed by atoms with van der Waals surface area (Å²) in [4.78, 5) is 37.7. The van der Waals surface area contributed by atoms with E-state index in [9.17, 15) is 24.1 Å². The second kappa shape index (κ2) is 7.51. The Morgan fingerprint density at radius 2 is 1.83 bits per heavy atom. The second-order valence-electron chi connectivity index (χ2n) is 7.06. The number of carbonyl (C=O) groups excluding carboxylic acids is 2. The molecule has 4 rings (SSSR count). The highest BCUT2D eigenvalue weighted by atomic mass is 79.9. The topological polar surface area (TPSA) is 80.5 Å². The molecule has 2 aromatic rings. The maximum Gasteiger partial charge on any atom is 0.269 e. The first-order valence-electron chi connectivity index (χ1n) is 9.15. The van der Waals surface area contributed by atoms with Gasteiger partial charge >= 0.3 is 0 Å². The number of amides is 1. The van der Waals surface area contributed by atoms with Gasteiger partial charge < -0.3 is 0 Å². The average Bonchev–Trinajstić information content (AvgIpc) is 2.69. The Kier molecular flexibility index (Phi) is 5.04. The van der Waals surface area contributed by atoms with Crippen LogP contribution in [0.25, 0.3) is 0 Å².